The topological polar surface area (TPSA) is 74.7 Å². The Morgan fingerprint density at radius 2 is 2.07 bits per heavy atom. The van der Waals surface area contributed by atoms with Crippen molar-refractivity contribution in [1.82, 2.24) is 4.37 Å². The first-order valence-electron chi connectivity index (χ1n) is 4.28. The summed E-state index contributed by atoms with van der Waals surface area (Å²) in [4.78, 5) is 0. The third kappa shape index (κ3) is 1.68. The van der Waals surface area contributed by atoms with Gasteiger partial charge in [0, 0.05) is 5.56 Å². The van der Waals surface area contributed by atoms with Crippen LogP contribution in [-0.4, -0.2) is 4.37 Å². The van der Waals surface area contributed by atoms with Crippen LogP contribution in [0.1, 0.15) is 5.56 Å². The normalized spacial score (nSPS) is 9.60. The van der Waals surface area contributed by atoms with E-state index in [1.165, 1.54) is 11.5 Å². The van der Waals surface area contributed by atoms with Crippen LogP contribution < -0.4 is 11.3 Å². The maximum Gasteiger partial charge on any atom is 0.142 e. The van der Waals surface area contributed by atoms with Gasteiger partial charge in [-0.25, -0.2) is 5.84 Å². The predicted molar refractivity (Wildman–Crippen MR) is 60.1 cm³/mol. The summed E-state index contributed by atoms with van der Waals surface area (Å²) in [5.74, 6) is 5.29. The van der Waals surface area contributed by atoms with Gasteiger partial charge in [0.25, 0.3) is 0 Å². The standard InChI is InChI=1S/C10H8N4S/c11-6-8-9(14-15-10(8)13-12)7-4-2-1-3-5-7/h1-5,13H,12H2. The second-order valence-corrected chi connectivity index (χ2v) is 3.63. The lowest BCUT2D eigenvalue weighted by atomic mass is 10.1. The van der Waals surface area contributed by atoms with E-state index in [1.807, 2.05) is 30.3 Å². The Kier molecular flexibility index (Phi) is 2.63. The molecule has 0 fully saturated rings. The second kappa shape index (κ2) is 4.09. The fourth-order valence-corrected chi connectivity index (χ4v) is 1.95. The summed E-state index contributed by atoms with van der Waals surface area (Å²) in [6.45, 7) is 0. The van der Waals surface area contributed by atoms with Crippen molar-refractivity contribution < 1.29 is 0 Å². The lowest BCUT2D eigenvalue weighted by molar-refractivity contribution is 1.37. The number of nitrogen functional groups attached to an aromatic ring is 1. The van der Waals surface area contributed by atoms with Gasteiger partial charge in [0.15, 0.2) is 0 Å². The van der Waals surface area contributed by atoms with Crippen LogP contribution in [0.15, 0.2) is 30.3 Å². The van der Waals surface area contributed by atoms with Gasteiger partial charge >= 0.3 is 0 Å². The molecule has 4 nitrogen and oxygen atoms in total. The van der Waals surface area contributed by atoms with Gasteiger partial charge in [0.2, 0.25) is 0 Å². The summed E-state index contributed by atoms with van der Waals surface area (Å²) in [5.41, 5.74) is 4.56. The van der Waals surface area contributed by atoms with Crippen LogP contribution in [0.2, 0.25) is 0 Å². The molecule has 1 aromatic carbocycles. The Hall–Kier alpha value is -1.90. The van der Waals surface area contributed by atoms with E-state index in [-0.39, 0.29) is 0 Å². The lowest BCUT2D eigenvalue weighted by Gasteiger charge is -1.97. The molecule has 2 rings (SSSR count). The number of hydrogen-bond acceptors (Lipinski definition) is 5. The lowest BCUT2D eigenvalue weighted by Crippen LogP contribution is -2.06. The largest absolute Gasteiger partial charge is 0.313 e. The van der Waals surface area contributed by atoms with Crippen molar-refractivity contribution in [2.24, 2.45) is 5.84 Å². The monoisotopic (exact) mass is 216 g/mol. The molecule has 0 unspecified atom stereocenters. The summed E-state index contributed by atoms with van der Waals surface area (Å²) >= 11 is 1.19. The molecule has 0 amide bonds. The molecule has 0 saturated carbocycles. The Morgan fingerprint density at radius 1 is 1.33 bits per heavy atom. The molecule has 0 bridgehead atoms. The molecule has 0 spiro atoms. The second-order valence-electron chi connectivity index (χ2n) is 2.86. The van der Waals surface area contributed by atoms with Crippen molar-refractivity contribution in [3.63, 3.8) is 0 Å². The molecule has 0 saturated heterocycles. The first-order valence-corrected chi connectivity index (χ1v) is 5.06. The predicted octanol–water partition coefficient (Wildman–Crippen LogP) is 1.97. The van der Waals surface area contributed by atoms with Crippen molar-refractivity contribution in [3.8, 4) is 17.3 Å². The highest BCUT2D eigenvalue weighted by molar-refractivity contribution is 7.10. The average molecular weight is 216 g/mol. The first-order chi connectivity index (χ1) is 7.36. The number of hydrogen-bond donors (Lipinski definition) is 2. The Morgan fingerprint density at radius 3 is 2.67 bits per heavy atom. The first kappa shape index (κ1) is 9.65. The van der Waals surface area contributed by atoms with Crippen molar-refractivity contribution in [2.75, 3.05) is 5.43 Å². The van der Waals surface area contributed by atoms with Gasteiger partial charge in [0.1, 0.15) is 22.3 Å². The Labute approximate surface area is 91.1 Å². The number of benzene rings is 1. The van der Waals surface area contributed by atoms with Crippen LogP contribution in [0.4, 0.5) is 5.00 Å². The molecule has 0 atom stereocenters. The van der Waals surface area contributed by atoms with E-state index in [0.717, 1.165) is 5.56 Å². The Bertz CT molecular complexity index is 498. The van der Waals surface area contributed by atoms with Gasteiger partial charge < -0.3 is 5.43 Å². The molecule has 15 heavy (non-hydrogen) atoms. The molecule has 1 heterocycles. The minimum absolute atomic E-state index is 0.494. The SMILES string of the molecule is N#Cc1c(-c2ccccc2)nsc1NN. The molecule has 0 aliphatic heterocycles. The highest BCUT2D eigenvalue weighted by Crippen LogP contribution is 2.30. The number of aromatic nitrogens is 1. The fraction of sp³-hybridized carbons (Fsp3) is 0. The quantitative estimate of drug-likeness (QED) is 0.594. The molecule has 2 aromatic rings. The van der Waals surface area contributed by atoms with Gasteiger partial charge in [0.05, 0.1) is 0 Å². The van der Waals surface area contributed by atoms with Crippen molar-refractivity contribution in [1.29, 1.82) is 5.26 Å². The number of nitrogens with one attached hydrogen (secondary N) is 1. The summed E-state index contributed by atoms with van der Waals surface area (Å²) in [6.07, 6.45) is 0. The number of nitrogens with two attached hydrogens (primary N) is 1. The third-order valence-electron chi connectivity index (χ3n) is 1.98. The number of rotatable bonds is 2. The van der Waals surface area contributed by atoms with Crippen molar-refractivity contribution in [2.45, 2.75) is 0 Å². The smallest absolute Gasteiger partial charge is 0.142 e. The highest BCUT2D eigenvalue weighted by atomic mass is 32.1. The van der Waals surface area contributed by atoms with Crippen LogP contribution in [0.25, 0.3) is 11.3 Å². The van der Waals surface area contributed by atoms with E-state index in [2.05, 4.69) is 15.9 Å². The molecule has 5 heteroatoms. The van der Waals surface area contributed by atoms with E-state index >= 15 is 0 Å². The zero-order valence-corrected chi connectivity index (χ0v) is 8.58. The van der Waals surface area contributed by atoms with Gasteiger partial charge in [-0.15, -0.1) is 0 Å². The molecule has 0 aliphatic carbocycles. The van der Waals surface area contributed by atoms with Gasteiger partial charge in [-0.05, 0) is 11.5 Å². The van der Waals surface area contributed by atoms with E-state index in [1.54, 1.807) is 0 Å². The van der Waals surface area contributed by atoms with Gasteiger partial charge in [-0.1, -0.05) is 30.3 Å². The maximum atomic E-state index is 9.00. The molecular formula is C10H8N4S. The number of anilines is 1. The zero-order valence-electron chi connectivity index (χ0n) is 7.77. The Balaban J connectivity index is 2.55. The van der Waals surface area contributed by atoms with E-state index in [4.69, 9.17) is 11.1 Å². The van der Waals surface area contributed by atoms with Crippen LogP contribution in [0.3, 0.4) is 0 Å². The van der Waals surface area contributed by atoms with Crippen LogP contribution in [-0.2, 0) is 0 Å². The van der Waals surface area contributed by atoms with E-state index < -0.39 is 0 Å². The number of hydrazine groups is 1. The third-order valence-corrected chi connectivity index (χ3v) is 2.76. The van der Waals surface area contributed by atoms with E-state index in [0.29, 0.717) is 16.3 Å². The molecule has 0 radical (unpaired) electrons. The average Bonchev–Trinajstić information content (AvgIpc) is 2.72. The van der Waals surface area contributed by atoms with Crippen molar-refractivity contribution in [3.05, 3.63) is 35.9 Å². The van der Waals surface area contributed by atoms with E-state index in [9.17, 15) is 0 Å². The summed E-state index contributed by atoms with van der Waals surface area (Å²) < 4.78 is 4.20. The van der Waals surface area contributed by atoms with Crippen LogP contribution in [0, 0.1) is 11.3 Å². The van der Waals surface area contributed by atoms with Gasteiger partial charge in [-0.3, -0.25) is 0 Å². The fourth-order valence-electron chi connectivity index (χ4n) is 1.29. The minimum Gasteiger partial charge on any atom is -0.313 e. The highest BCUT2D eigenvalue weighted by Gasteiger charge is 2.13. The van der Waals surface area contributed by atoms with Gasteiger partial charge in [-0.2, -0.15) is 9.64 Å². The molecule has 3 N–H and O–H groups in total. The number of nitrogens with zero attached hydrogens (tertiary/aromatic N) is 2. The van der Waals surface area contributed by atoms with Crippen molar-refractivity contribution >= 4 is 16.5 Å². The van der Waals surface area contributed by atoms with Crippen LogP contribution in [0.5, 0.6) is 0 Å². The van der Waals surface area contributed by atoms with Crippen LogP contribution >= 0.6 is 11.5 Å². The molecule has 74 valence electrons. The zero-order chi connectivity index (χ0) is 10.7. The minimum atomic E-state index is 0.494. The molecular weight excluding hydrogens is 208 g/mol. The molecule has 1 aromatic heterocycles. The summed E-state index contributed by atoms with van der Waals surface area (Å²) in [5, 5.41) is 9.60. The summed E-state index contributed by atoms with van der Waals surface area (Å²) in [7, 11) is 0. The molecule has 0 aliphatic rings. The number of nitriles is 1. The summed E-state index contributed by atoms with van der Waals surface area (Å²) in [6, 6.07) is 11.7. The maximum absolute atomic E-state index is 9.00.